The van der Waals surface area contributed by atoms with Crippen molar-refractivity contribution in [1.82, 2.24) is 19.7 Å². The number of nitrogens with zero attached hydrogens (tertiary/aromatic N) is 4. The quantitative estimate of drug-likeness (QED) is 0.143. The summed E-state index contributed by atoms with van der Waals surface area (Å²) in [7, 11) is 1.64. The fourth-order valence-electron chi connectivity index (χ4n) is 4.73. The van der Waals surface area contributed by atoms with Crippen molar-refractivity contribution < 1.29 is 14.3 Å². The van der Waals surface area contributed by atoms with Gasteiger partial charge < -0.3 is 10.1 Å². The molecule has 0 atom stereocenters. The highest BCUT2D eigenvalue weighted by atomic mass is 32.2. The van der Waals surface area contributed by atoms with E-state index in [1.165, 1.54) is 18.7 Å². The van der Waals surface area contributed by atoms with E-state index < -0.39 is 0 Å². The largest absolute Gasteiger partial charge is 0.497 e. The van der Waals surface area contributed by atoms with Crippen LogP contribution in [0.25, 0.3) is 39.2 Å². The second-order valence-corrected chi connectivity index (χ2v) is 10.7. The molecule has 2 heterocycles. The van der Waals surface area contributed by atoms with Crippen LogP contribution < -0.4 is 10.1 Å². The van der Waals surface area contributed by atoms with Crippen LogP contribution in [0.5, 0.6) is 5.75 Å². The van der Waals surface area contributed by atoms with Gasteiger partial charge in [-0.25, -0.2) is 4.98 Å². The summed E-state index contributed by atoms with van der Waals surface area (Å²) in [5, 5.41) is 13.6. The molecule has 0 saturated heterocycles. The van der Waals surface area contributed by atoms with Gasteiger partial charge in [-0.05, 0) is 79.7 Å². The molecule has 0 aliphatic heterocycles. The molecule has 0 fully saturated rings. The second kappa shape index (κ2) is 12.3. The zero-order valence-corrected chi connectivity index (χ0v) is 24.3. The lowest BCUT2D eigenvalue weighted by Gasteiger charge is -2.13. The van der Waals surface area contributed by atoms with Crippen LogP contribution in [0.1, 0.15) is 17.3 Å². The van der Waals surface area contributed by atoms with Crippen LogP contribution in [-0.2, 0) is 4.79 Å². The number of carbonyl (C=O) groups is 2. The number of hydrogen-bond acceptors (Lipinski definition) is 7. The van der Waals surface area contributed by atoms with E-state index in [4.69, 9.17) is 9.72 Å². The van der Waals surface area contributed by atoms with Crippen molar-refractivity contribution in [1.29, 1.82) is 0 Å². The summed E-state index contributed by atoms with van der Waals surface area (Å²) in [4.78, 5) is 29.4. The fraction of sp³-hybridized carbons (Fsp3) is 0.0882. The summed E-state index contributed by atoms with van der Waals surface area (Å²) < 4.78 is 7.31. The topological polar surface area (TPSA) is 99.0 Å². The third-order valence-corrected chi connectivity index (χ3v) is 7.83. The van der Waals surface area contributed by atoms with E-state index in [1.54, 1.807) is 31.4 Å². The molecule has 0 saturated carbocycles. The van der Waals surface area contributed by atoms with Crippen molar-refractivity contribution in [2.24, 2.45) is 0 Å². The first-order valence-electron chi connectivity index (χ1n) is 13.6. The number of nitrogens with one attached hydrogen (secondary N) is 1. The molecule has 4 aromatic carbocycles. The van der Waals surface area contributed by atoms with E-state index >= 15 is 0 Å². The van der Waals surface area contributed by atoms with Crippen LogP contribution in [0, 0.1) is 0 Å². The van der Waals surface area contributed by atoms with Crippen molar-refractivity contribution in [3.8, 4) is 34.1 Å². The molecule has 6 rings (SSSR count). The molecule has 0 aliphatic rings. The van der Waals surface area contributed by atoms with Crippen LogP contribution in [0.2, 0.25) is 0 Å². The van der Waals surface area contributed by atoms with E-state index in [0.29, 0.717) is 22.2 Å². The predicted molar refractivity (Wildman–Crippen MR) is 170 cm³/mol. The number of anilines is 1. The van der Waals surface area contributed by atoms with E-state index in [9.17, 15) is 9.59 Å². The summed E-state index contributed by atoms with van der Waals surface area (Å²) in [5.41, 5.74) is 5.53. The molecule has 0 unspecified atom stereocenters. The van der Waals surface area contributed by atoms with Crippen LogP contribution >= 0.6 is 11.8 Å². The summed E-state index contributed by atoms with van der Waals surface area (Å²) in [6.07, 6.45) is 0. The Labute approximate surface area is 252 Å². The molecular weight excluding hydrogens is 558 g/mol. The van der Waals surface area contributed by atoms with Gasteiger partial charge in [-0.2, -0.15) is 0 Å². The number of aromatic nitrogens is 4. The number of Topliss-reactive ketones (excluding diaryl/α,β-unsaturated/α-hetero) is 1. The Balaban J connectivity index is 1.37. The number of para-hydroxylation sites is 2. The average molecular weight is 586 g/mol. The second-order valence-electron chi connectivity index (χ2n) is 9.75. The molecule has 212 valence electrons. The number of amides is 1. The van der Waals surface area contributed by atoms with Crippen LogP contribution in [0.4, 0.5) is 5.69 Å². The van der Waals surface area contributed by atoms with E-state index in [-0.39, 0.29) is 17.4 Å². The molecule has 0 aliphatic carbocycles. The Kier molecular flexibility index (Phi) is 7.97. The van der Waals surface area contributed by atoms with Crippen LogP contribution in [0.15, 0.2) is 114 Å². The smallest absolute Gasteiger partial charge is 0.234 e. The first-order valence-corrected chi connectivity index (χ1v) is 14.6. The minimum Gasteiger partial charge on any atom is -0.497 e. The first kappa shape index (κ1) is 27.9. The van der Waals surface area contributed by atoms with Crippen molar-refractivity contribution in [3.63, 3.8) is 0 Å². The number of hydrogen-bond donors (Lipinski definition) is 1. The van der Waals surface area contributed by atoms with Gasteiger partial charge in [0.2, 0.25) is 5.91 Å². The number of ether oxygens (including phenoxy) is 1. The van der Waals surface area contributed by atoms with Crippen molar-refractivity contribution in [2.45, 2.75) is 12.1 Å². The predicted octanol–water partition coefficient (Wildman–Crippen LogP) is 7.09. The molecule has 6 aromatic rings. The number of thioether (sulfide) groups is 1. The lowest BCUT2D eigenvalue weighted by Crippen LogP contribution is -2.14. The Bertz CT molecular complexity index is 1920. The van der Waals surface area contributed by atoms with Gasteiger partial charge in [-0.3, -0.25) is 14.2 Å². The maximum atomic E-state index is 12.9. The van der Waals surface area contributed by atoms with Gasteiger partial charge in [0.05, 0.1) is 24.1 Å². The van der Waals surface area contributed by atoms with Crippen LogP contribution in [-0.4, -0.2) is 44.3 Å². The molecule has 43 heavy (non-hydrogen) atoms. The molecule has 9 heteroatoms. The monoisotopic (exact) mass is 585 g/mol. The first-order chi connectivity index (χ1) is 21.0. The maximum Gasteiger partial charge on any atom is 0.234 e. The number of pyridine rings is 1. The fourth-order valence-corrected chi connectivity index (χ4v) is 5.49. The van der Waals surface area contributed by atoms with Crippen molar-refractivity contribution in [3.05, 3.63) is 115 Å². The molecule has 0 bridgehead atoms. The van der Waals surface area contributed by atoms with E-state index in [2.05, 4.69) is 15.5 Å². The Morgan fingerprint density at radius 1 is 0.860 bits per heavy atom. The van der Waals surface area contributed by atoms with E-state index in [0.717, 1.165) is 39.2 Å². The highest BCUT2D eigenvalue weighted by Gasteiger charge is 2.20. The molecule has 0 radical (unpaired) electrons. The van der Waals surface area contributed by atoms with Gasteiger partial charge in [0.25, 0.3) is 0 Å². The van der Waals surface area contributed by atoms with Gasteiger partial charge in [-0.15, -0.1) is 10.2 Å². The number of carbonyl (C=O) groups excluding carboxylic acids is 2. The van der Waals surface area contributed by atoms with Crippen molar-refractivity contribution >= 4 is 40.0 Å². The number of fused-ring (bicyclic) bond motifs is 1. The standard InChI is InChI=1S/C34H27N5O3S/c1-22(40)23-12-16-25(17-13-23)35-32(41)21-43-34-38-37-33(39(34)26-8-4-3-5-9-26)29-20-31(24-14-18-27(42-2)19-15-24)36-30-11-7-6-10-28(29)30/h3-20H,21H2,1-2H3,(H,35,41). The summed E-state index contributed by atoms with van der Waals surface area (Å²) >= 11 is 1.30. The molecule has 1 amide bonds. The van der Waals surface area contributed by atoms with Gasteiger partial charge >= 0.3 is 0 Å². The van der Waals surface area contributed by atoms with Gasteiger partial charge in [0, 0.05) is 33.5 Å². The lowest BCUT2D eigenvalue weighted by atomic mass is 10.0. The van der Waals surface area contributed by atoms with Gasteiger partial charge in [-0.1, -0.05) is 48.2 Å². The minimum atomic E-state index is -0.194. The highest BCUT2D eigenvalue weighted by Crippen LogP contribution is 2.35. The molecule has 0 spiro atoms. The molecule has 1 N–H and O–H groups in total. The Morgan fingerprint density at radius 3 is 2.30 bits per heavy atom. The summed E-state index contributed by atoms with van der Waals surface area (Å²) in [6.45, 7) is 1.51. The Hall–Kier alpha value is -5.28. The zero-order valence-electron chi connectivity index (χ0n) is 23.5. The minimum absolute atomic E-state index is 0.0254. The zero-order chi connectivity index (χ0) is 29.8. The lowest BCUT2D eigenvalue weighted by molar-refractivity contribution is -0.113. The third-order valence-electron chi connectivity index (χ3n) is 6.90. The summed E-state index contributed by atoms with van der Waals surface area (Å²) in [6, 6.07) is 34.4. The van der Waals surface area contributed by atoms with E-state index in [1.807, 2.05) is 89.5 Å². The number of ketones is 1. The molecular formula is C34H27N5O3S. The van der Waals surface area contributed by atoms with Crippen molar-refractivity contribution in [2.75, 3.05) is 18.2 Å². The molecule has 2 aromatic heterocycles. The molecule has 8 nitrogen and oxygen atoms in total. The SMILES string of the molecule is COc1ccc(-c2cc(-c3nnc(SCC(=O)Nc4ccc(C(C)=O)cc4)n3-c3ccccc3)c3ccccc3n2)cc1. The summed E-state index contributed by atoms with van der Waals surface area (Å²) in [5.74, 6) is 1.31. The third kappa shape index (κ3) is 6.02. The maximum absolute atomic E-state index is 12.9. The average Bonchev–Trinajstić information content (AvgIpc) is 3.48. The van der Waals surface area contributed by atoms with Gasteiger partial charge in [0.1, 0.15) is 5.75 Å². The Morgan fingerprint density at radius 2 is 1.58 bits per heavy atom. The normalized spacial score (nSPS) is 10.9. The number of benzene rings is 4. The van der Waals surface area contributed by atoms with Crippen LogP contribution in [0.3, 0.4) is 0 Å². The number of methoxy groups -OCH3 is 1. The highest BCUT2D eigenvalue weighted by molar-refractivity contribution is 7.99. The van der Waals surface area contributed by atoms with Gasteiger partial charge in [0.15, 0.2) is 16.8 Å². The number of rotatable bonds is 9.